The van der Waals surface area contributed by atoms with E-state index in [9.17, 15) is 9.59 Å². The van der Waals surface area contributed by atoms with E-state index in [1.807, 2.05) is 63.2 Å². The van der Waals surface area contributed by atoms with Crippen molar-refractivity contribution in [3.05, 3.63) is 64.7 Å². The second kappa shape index (κ2) is 12.0. The number of halogens is 1. The molecule has 30 heavy (non-hydrogen) atoms. The van der Waals surface area contributed by atoms with Gasteiger partial charge in [0.25, 0.3) is 0 Å². The fourth-order valence-electron chi connectivity index (χ4n) is 3.08. The van der Waals surface area contributed by atoms with Crippen LogP contribution in [0.3, 0.4) is 0 Å². The second-order valence-electron chi connectivity index (χ2n) is 7.76. The second-order valence-corrected chi connectivity index (χ2v) is 9.36. The van der Waals surface area contributed by atoms with E-state index < -0.39 is 6.04 Å². The summed E-state index contributed by atoms with van der Waals surface area (Å²) in [4.78, 5) is 28.4. The van der Waals surface area contributed by atoms with E-state index in [1.54, 1.807) is 23.6 Å². The van der Waals surface area contributed by atoms with E-state index in [1.165, 1.54) is 0 Å². The summed E-state index contributed by atoms with van der Waals surface area (Å²) in [7, 11) is 0. The molecule has 4 nitrogen and oxygen atoms in total. The molecule has 1 atom stereocenters. The van der Waals surface area contributed by atoms with Gasteiger partial charge in [0.05, 0.1) is 0 Å². The summed E-state index contributed by atoms with van der Waals surface area (Å²) < 4.78 is 0. The van der Waals surface area contributed by atoms with Gasteiger partial charge in [-0.25, -0.2) is 0 Å². The molecular weight excluding hydrogens is 416 g/mol. The van der Waals surface area contributed by atoms with Gasteiger partial charge in [-0.1, -0.05) is 41.4 Å². The molecule has 0 heterocycles. The van der Waals surface area contributed by atoms with Crippen molar-refractivity contribution in [3.8, 4) is 0 Å². The first kappa shape index (κ1) is 24.3. The molecule has 0 saturated heterocycles. The van der Waals surface area contributed by atoms with E-state index in [2.05, 4.69) is 11.4 Å². The summed E-state index contributed by atoms with van der Waals surface area (Å²) in [6.45, 7) is 8.10. The summed E-state index contributed by atoms with van der Waals surface area (Å²) in [5.41, 5.74) is 2.17. The van der Waals surface area contributed by atoms with Gasteiger partial charge in [0, 0.05) is 28.9 Å². The van der Waals surface area contributed by atoms with Crippen LogP contribution in [-0.2, 0) is 16.1 Å². The van der Waals surface area contributed by atoms with Crippen molar-refractivity contribution in [1.82, 2.24) is 10.2 Å². The van der Waals surface area contributed by atoms with Crippen LogP contribution < -0.4 is 5.32 Å². The molecule has 0 aromatic heterocycles. The Morgan fingerprint density at radius 3 is 2.43 bits per heavy atom. The molecule has 162 valence electrons. The summed E-state index contributed by atoms with van der Waals surface area (Å²) in [5.74, 6) is 0.708. The Morgan fingerprint density at radius 2 is 1.80 bits per heavy atom. The Kier molecular flexibility index (Phi) is 9.73. The molecule has 0 aliphatic rings. The Hall–Kier alpha value is -1.98. The molecule has 0 bridgehead atoms. The molecule has 2 amide bonds. The topological polar surface area (TPSA) is 49.4 Å². The molecule has 2 aromatic rings. The van der Waals surface area contributed by atoms with Crippen LogP contribution >= 0.6 is 23.4 Å². The Labute approximate surface area is 189 Å². The number of aryl methyl sites for hydroxylation is 1. The van der Waals surface area contributed by atoms with Crippen molar-refractivity contribution in [2.45, 2.75) is 64.1 Å². The molecule has 0 fully saturated rings. The van der Waals surface area contributed by atoms with Crippen molar-refractivity contribution in [2.75, 3.05) is 5.75 Å². The first-order valence-electron chi connectivity index (χ1n) is 10.3. The van der Waals surface area contributed by atoms with Gasteiger partial charge in [0.15, 0.2) is 0 Å². The first-order valence-corrected chi connectivity index (χ1v) is 11.7. The summed E-state index contributed by atoms with van der Waals surface area (Å²) in [6.07, 6.45) is 1.15. The van der Waals surface area contributed by atoms with Gasteiger partial charge in [0.1, 0.15) is 6.04 Å². The van der Waals surface area contributed by atoms with Gasteiger partial charge in [-0.15, -0.1) is 11.8 Å². The third kappa shape index (κ3) is 8.04. The molecule has 6 heteroatoms. The molecule has 2 rings (SSSR count). The minimum Gasteiger partial charge on any atom is -0.352 e. The number of hydrogen-bond acceptors (Lipinski definition) is 3. The predicted octanol–water partition coefficient (Wildman–Crippen LogP) is 5.46. The number of carbonyl (C=O) groups is 2. The molecule has 0 aliphatic carbocycles. The highest BCUT2D eigenvalue weighted by molar-refractivity contribution is 7.99. The largest absolute Gasteiger partial charge is 0.352 e. The van der Waals surface area contributed by atoms with Gasteiger partial charge in [-0.05, 0) is 69.7 Å². The number of amides is 2. The van der Waals surface area contributed by atoms with Crippen LogP contribution in [0, 0.1) is 6.92 Å². The molecule has 1 N–H and O–H groups in total. The maximum absolute atomic E-state index is 13.0. The lowest BCUT2D eigenvalue weighted by Gasteiger charge is -2.29. The number of nitrogens with zero attached hydrogens (tertiary/aromatic N) is 1. The van der Waals surface area contributed by atoms with E-state index in [0.29, 0.717) is 13.0 Å². The smallest absolute Gasteiger partial charge is 0.242 e. The number of nitrogens with one attached hydrogen (secondary N) is 1. The molecule has 0 spiro atoms. The van der Waals surface area contributed by atoms with Crippen molar-refractivity contribution in [3.63, 3.8) is 0 Å². The normalized spacial score (nSPS) is 11.9. The molecule has 0 radical (unpaired) electrons. The van der Waals surface area contributed by atoms with Crippen molar-refractivity contribution < 1.29 is 9.59 Å². The lowest BCUT2D eigenvalue weighted by molar-refractivity contribution is -0.140. The first-order chi connectivity index (χ1) is 14.3. The molecule has 2 aromatic carbocycles. The van der Waals surface area contributed by atoms with Crippen LogP contribution in [0.4, 0.5) is 0 Å². The van der Waals surface area contributed by atoms with Crippen LogP contribution in [0.2, 0.25) is 5.02 Å². The van der Waals surface area contributed by atoms with Gasteiger partial charge < -0.3 is 10.2 Å². The standard InChI is InChI=1S/C24H31ClN2O2S/c1-17(2)26-24(29)19(4)27(16-20-8-5-7-18(3)15-20)23(28)9-6-14-30-22-12-10-21(25)11-13-22/h5,7-8,10-13,15,17,19H,6,9,14,16H2,1-4H3,(H,26,29)/t19-/m0/s1. The van der Waals surface area contributed by atoms with E-state index in [0.717, 1.165) is 33.2 Å². The van der Waals surface area contributed by atoms with Crippen LogP contribution in [0.1, 0.15) is 44.7 Å². The SMILES string of the molecule is Cc1cccc(CN(C(=O)CCCSc2ccc(Cl)cc2)[C@@H](C)C(=O)NC(C)C)c1. The third-order valence-electron chi connectivity index (χ3n) is 4.65. The minimum atomic E-state index is -0.524. The average Bonchev–Trinajstić information content (AvgIpc) is 2.69. The minimum absolute atomic E-state index is 0.000353. The zero-order valence-electron chi connectivity index (χ0n) is 18.2. The lowest BCUT2D eigenvalue weighted by atomic mass is 10.1. The highest BCUT2D eigenvalue weighted by atomic mass is 35.5. The summed E-state index contributed by atoms with van der Waals surface area (Å²) in [5, 5.41) is 3.64. The molecule has 0 unspecified atom stereocenters. The molecular formula is C24H31ClN2O2S. The van der Waals surface area contributed by atoms with Crippen molar-refractivity contribution in [1.29, 1.82) is 0 Å². The van der Waals surface area contributed by atoms with E-state index in [-0.39, 0.29) is 17.9 Å². The molecule has 0 saturated carbocycles. The number of benzene rings is 2. The average molecular weight is 447 g/mol. The number of hydrogen-bond donors (Lipinski definition) is 1. The van der Waals surface area contributed by atoms with Crippen molar-refractivity contribution in [2.24, 2.45) is 0 Å². The highest BCUT2D eigenvalue weighted by Crippen LogP contribution is 2.22. The van der Waals surface area contributed by atoms with Crippen LogP contribution in [0.25, 0.3) is 0 Å². The number of carbonyl (C=O) groups excluding carboxylic acids is 2. The summed E-state index contributed by atoms with van der Waals surface area (Å²) >= 11 is 7.62. The van der Waals surface area contributed by atoms with Gasteiger partial charge in [-0.2, -0.15) is 0 Å². The maximum Gasteiger partial charge on any atom is 0.242 e. The zero-order valence-corrected chi connectivity index (χ0v) is 19.7. The fourth-order valence-corrected chi connectivity index (χ4v) is 4.06. The third-order valence-corrected chi connectivity index (χ3v) is 6.00. The number of rotatable bonds is 10. The highest BCUT2D eigenvalue weighted by Gasteiger charge is 2.26. The van der Waals surface area contributed by atoms with Crippen LogP contribution in [0.5, 0.6) is 0 Å². The Balaban J connectivity index is 1.99. The van der Waals surface area contributed by atoms with Gasteiger partial charge in [-0.3, -0.25) is 9.59 Å². The maximum atomic E-state index is 13.0. The fraction of sp³-hybridized carbons (Fsp3) is 0.417. The van der Waals surface area contributed by atoms with Crippen molar-refractivity contribution >= 4 is 35.2 Å². The number of thioether (sulfide) groups is 1. The Bertz CT molecular complexity index is 839. The van der Waals surface area contributed by atoms with Gasteiger partial charge >= 0.3 is 0 Å². The van der Waals surface area contributed by atoms with Gasteiger partial charge in [0.2, 0.25) is 11.8 Å². The van der Waals surface area contributed by atoms with Crippen LogP contribution in [-0.4, -0.2) is 34.6 Å². The van der Waals surface area contributed by atoms with Crippen LogP contribution in [0.15, 0.2) is 53.4 Å². The zero-order chi connectivity index (χ0) is 22.1. The van der Waals surface area contributed by atoms with E-state index in [4.69, 9.17) is 11.6 Å². The predicted molar refractivity (Wildman–Crippen MR) is 126 cm³/mol. The molecule has 0 aliphatic heterocycles. The Morgan fingerprint density at radius 1 is 1.10 bits per heavy atom. The quantitative estimate of drug-likeness (QED) is 0.389. The summed E-state index contributed by atoms with van der Waals surface area (Å²) in [6, 6.07) is 15.3. The lowest BCUT2D eigenvalue weighted by Crippen LogP contribution is -2.49. The van der Waals surface area contributed by atoms with E-state index >= 15 is 0 Å². The monoisotopic (exact) mass is 446 g/mol.